The lowest BCUT2D eigenvalue weighted by atomic mass is 10.1. The number of carboxylic acid groups (broad SMARTS) is 1. The number of amides is 1. The zero-order valence-corrected chi connectivity index (χ0v) is 12.6. The average molecular weight is 315 g/mol. The van der Waals surface area contributed by atoms with Crippen molar-refractivity contribution in [1.29, 1.82) is 0 Å². The lowest BCUT2D eigenvalue weighted by molar-refractivity contribution is -0.136. The number of rotatable bonds is 4. The van der Waals surface area contributed by atoms with Crippen LogP contribution in [0.2, 0.25) is 0 Å². The molecule has 1 aliphatic heterocycles. The Morgan fingerprint density at radius 3 is 2.43 bits per heavy atom. The maximum Gasteiger partial charge on any atom is 0.309 e. The molecule has 0 unspecified atom stereocenters. The van der Waals surface area contributed by atoms with E-state index in [9.17, 15) is 14.4 Å². The van der Waals surface area contributed by atoms with E-state index in [0.717, 1.165) is 17.5 Å². The van der Waals surface area contributed by atoms with Gasteiger partial charge in [0, 0.05) is 18.5 Å². The molecule has 0 spiro atoms. The molecule has 0 bridgehead atoms. The molecule has 0 aliphatic carbocycles. The summed E-state index contributed by atoms with van der Waals surface area (Å²) in [6, 6.07) is 6.74. The molecule has 1 aromatic heterocycles. The van der Waals surface area contributed by atoms with Gasteiger partial charge in [-0.1, -0.05) is 18.2 Å². The lowest BCUT2D eigenvalue weighted by Gasteiger charge is -2.16. The number of benzene rings is 1. The number of carboxylic acids is 1. The van der Waals surface area contributed by atoms with E-state index in [1.165, 1.54) is 0 Å². The summed E-state index contributed by atoms with van der Waals surface area (Å²) < 4.78 is 1.08. The molecule has 1 aromatic carbocycles. The Morgan fingerprint density at radius 2 is 1.78 bits per heavy atom. The third kappa shape index (κ3) is 3.08. The summed E-state index contributed by atoms with van der Waals surface area (Å²) in [6.45, 7) is 1.24. The van der Waals surface area contributed by atoms with Crippen LogP contribution in [0.5, 0.6) is 0 Å². The molecular formula is C16H17N3O4. The van der Waals surface area contributed by atoms with E-state index < -0.39 is 5.97 Å². The minimum absolute atomic E-state index is 0.156. The van der Waals surface area contributed by atoms with Crippen molar-refractivity contribution in [1.82, 2.24) is 14.7 Å². The van der Waals surface area contributed by atoms with Crippen LogP contribution in [0.15, 0.2) is 29.1 Å². The van der Waals surface area contributed by atoms with Crippen molar-refractivity contribution < 1.29 is 14.7 Å². The van der Waals surface area contributed by atoms with Gasteiger partial charge in [-0.05, 0) is 18.9 Å². The van der Waals surface area contributed by atoms with Crippen LogP contribution in [-0.4, -0.2) is 44.8 Å². The molecule has 2 heterocycles. The predicted octanol–water partition coefficient (Wildman–Crippen LogP) is 0.646. The van der Waals surface area contributed by atoms with Gasteiger partial charge < -0.3 is 10.0 Å². The maximum atomic E-state index is 12.5. The number of likely N-dealkylation sites (tertiary alicyclic amines) is 1. The fourth-order valence-electron chi connectivity index (χ4n) is 2.88. The van der Waals surface area contributed by atoms with Gasteiger partial charge >= 0.3 is 5.97 Å². The van der Waals surface area contributed by atoms with Crippen molar-refractivity contribution in [3.8, 4) is 0 Å². The van der Waals surface area contributed by atoms with Crippen LogP contribution in [0.4, 0.5) is 0 Å². The van der Waals surface area contributed by atoms with Crippen molar-refractivity contribution >= 4 is 22.6 Å². The standard InChI is InChI=1S/C16H17N3O4/c20-14(18-7-3-4-8-18)10-19-16(23)12-6-2-1-5-11(12)13(17-19)9-15(21)22/h1-2,5-6H,3-4,7-10H2,(H,21,22). The van der Waals surface area contributed by atoms with Crippen LogP contribution >= 0.6 is 0 Å². The van der Waals surface area contributed by atoms with E-state index in [4.69, 9.17) is 5.11 Å². The number of hydrogen-bond acceptors (Lipinski definition) is 4. The summed E-state index contributed by atoms with van der Waals surface area (Å²) in [7, 11) is 0. The van der Waals surface area contributed by atoms with Gasteiger partial charge in [0.2, 0.25) is 5.91 Å². The van der Waals surface area contributed by atoms with Crippen molar-refractivity contribution in [3.05, 3.63) is 40.3 Å². The highest BCUT2D eigenvalue weighted by molar-refractivity contribution is 5.86. The molecule has 23 heavy (non-hydrogen) atoms. The van der Waals surface area contributed by atoms with E-state index in [0.29, 0.717) is 29.6 Å². The molecule has 120 valence electrons. The molecule has 3 rings (SSSR count). The predicted molar refractivity (Wildman–Crippen MR) is 83.2 cm³/mol. The first-order chi connectivity index (χ1) is 11.1. The minimum Gasteiger partial charge on any atom is -0.481 e. The Morgan fingerprint density at radius 1 is 1.13 bits per heavy atom. The van der Waals surface area contributed by atoms with Crippen molar-refractivity contribution in [2.45, 2.75) is 25.8 Å². The number of carbonyl (C=O) groups is 2. The summed E-state index contributed by atoms with van der Waals surface area (Å²) in [4.78, 5) is 37.5. The lowest BCUT2D eigenvalue weighted by Crippen LogP contribution is -2.36. The smallest absolute Gasteiger partial charge is 0.309 e. The third-order valence-electron chi connectivity index (χ3n) is 4.01. The number of aliphatic carboxylic acids is 1. The van der Waals surface area contributed by atoms with Crippen molar-refractivity contribution in [3.63, 3.8) is 0 Å². The van der Waals surface area contributed by atoms with Gasteiger partial charge in [-0.2, -0.15) is 5.10 Å². The van der Waals surface area contributed by atoms with Crippen LogP contribution in [0, 0.1) is 0 Å². The van der Waals surface area contributed by atoms with Crippen molar-refractivity contribution in [2.75, 3.05) is 13.1 Å². The van der Waals surface area contributed by atoms with Crippen LogP contribution in [0.3, 0.4) is 0 Å². The third-order valence-corrected chi connectivity index (χ3v) is 4.01. The van der Waals surface area contributed by atoms with Gasteiger partial charge in [0.15, 0.2) is 0 Å². The fraction of sp³-hybridized carbons (Fsp3) is 0.375. The molecule has 1 N–H and O–H groups in total. The van der Waals surface area contributed by atoms with E-state index >= 15 is 0 Å². The summed E-state index contributed by atoms with van der Waals surface area (Å²) in [5.74, 6) is -1.19. The minimum atomic E-state index is -1.03. The Bertz CT molecular complexity index is 822. The molecule has 1 fully saturated rings. The molecular weight excluding hydrogens is 298 g/mol. The monoisotopic (exact) mass is 315 g/mol. The van der Waals surface area contributed by atoms with E-state index in [2.05, 4.69) is 5.10 Å². The van der Waals surface area contributed by atoms with Crippen molar-refractivity contribution in [2.24, 2.45) is 0 Å². The molecule has 1 aliphatic rings. The summed E-state index contributed by atoms with van der Waals surface area (Å²) >= 11 is 0. The van der Waals surface area contributed by atoms with Gasteiger partial charge in [0.05, 0.1) is 17.5 Å². The Balaban J connectivity index is 2.02. The second kappa shape index (κ2) is 6.20. The quantitative estimate of drug-likeness (QED) is 0.894. The number of nitrogens with zero attached hydrogens (tertiary/aromatic N) is 3. The largest absolute Gasteiger partial charge is 0.481 e. The maximum absolute atomic E-state index is 12.5. The van der Waals surface area contributed by atoms with Crippen LogP contribution in [-0.2, 0) is 22.6 Å². The zero-order chi connectivity index (χ0) is 16.4. The van der Waals surface area contributed by atoms with Crippen LogP contribution < -0.4 is 5.56 Å². The first-order valence-corrected chi connectivity index (χ1v) is 7.54. The highest BCUT2D eigenvalue weighted by Gasteiger charge is 2.20. The first-order valence-electron chi connectivity index (χ1n) is 7.54. The second-order valence-electron chi connectivity index (χ2n) is 5.61. The van der Waals surface area contributed by atoms with Gasteiger partial charge in [0.25, 0.3) is 5.56 Å². The van der Waals surface area contributed by atoms with Gasteiger partial charge in [0.1, 0.15) is 6.54 Å². The highest BCUT2D eigenvalue weighted by atomic mass is 16.4. The van der Waals surface area contributed by atoms with Crippen LogP contribution in [0.1, 0.15) is 18.5 Å². The molecule has 1 amide bonds. The molecule has 7 nitrogen and oxygen atoms in total. The Hall–Kier alpha value is -2.70. The van der Waals surface area contributed by atoms with E-state index in [1.807, 2.05) is 0 Å². The fourth-order valence-corrected chi connectivity index (χ4v) is 2.88. The highest BCUT2D eigenvalue weighted by Crippen LogP contribution is 2.14. The SMILES string of the molecule is O=C(O)Cc1nn(CC(=O)N2CCCC2)c(=O)c2ccccc12. The zero-order valence-electron chi connectivity index (χ0n) is 12.6. The van der Waals surface area contributed by atoms with Gasteiger partial charge in [-0.25, -0.2) is 4.68 Å². The number of carbonyl (C=O) groups excluding carboxylic acids is 1. The molecule has 0 atom stereocenters. The van der Waals surface area contributed by atoms with E-state index in [-0.39, 0.29) is 24.4 Å². The normalized spacial score (nSPS) is 14.3. The Kier molecular flexibility index (Phi) is 4.10. The number of hydrogen-bond donors (Lipinski definition) is 1. The number of aromatic nitrogens is 2. The van der Waals surface area contributed by atoms with Gasteiger partial charge in [-0.3, -0.25) is 14.4 Å². The molecule has 2 aromatic rings. The molecule has 1 saturated heterocycles. The summed E-state index contributed by atoms with van der Waals surface area (Å²) in [5.41, 5.74) is -0.0794. The number of fused-ring (bicyclic) bond motifs is 1. The summed E-state index contributed by atoms with van der Waals surface area (Å²) in [5, 5.41) is 14.1. The average Bonchev–Trinajstić information content (AvgIpc) is 3.06. The Labute approximate surface area is 132 Å². The van der Waals surface area contributed by atoms with Crippen LogP contribution in [0.25, 0.3) is 10.8 Å². The van der Waals surface area contributed by atoms with Gasteiger partial charge in [-0.15, -0.1) is 0 Å². The molecule has 0 saturated carbocycles. The second-order valence-corrected chi connectivity index (χ2v) is 5.61. The summed E-state index contributed by atoms with van der Waals surface area (Å²) in [6.07, 6.45) is 1.64. The van der Waals surface area contributed by atoms with E-state index in [1.54, 1.807) is 29.2 Å². The first kappa shape index (κ1) is 15.2. The molecule has 7 heteroatoms. The topological polar surface area (TPSA) is 92.5 Å². The molecule has 0 radical (unpaired) electrons.